The molecular weight excluding hydrogens is 280 g/mol. The van der Waals surface area contributed by atoms with Crippen LogP contribution in [0, 0.1) is 5.92 Å². The number of halogens is 1. The SMILES string of the molecule is COC(C(=O)NCC1CNCC1O)c1ccccc1.Cl. The van der Waals surface area contributed by atoms with E-state index in [2.05, 4.69) is 10.6 Å². The summed E-state index contributed by atoms with van der Waals surface area (Å²) >= 11 is 0. The number of nitrogens with one attached hydrogen (secondary N) is 2. The van der Waals surface area contributed by atoms with E-state index in [4.69, 9.17) is 4.74 Å². The summed E-state index contributed by atoms with van der Waals surface area (Å²) in [4.78, 5) is 12.1. The average molecular weight is 301 g/mol. The van der Waals surface area contributed by atoms with Crippen LogP contribution in [0.3, 0.4) is 0 Å². The van der Waals surface area contributed by atoms with Gasteiger partial charge in [-0.25, -0.2) is 0 Å². The first kappa shape index (κ1) is 16.9. The summed E-state index contributed by atoms with van der Waals surface area (Å²) in [5.41, 5.74) is 0.826. The fourth-order valence-corrected chi connectivity index (χ4v) is 2.27. The summed E-state index contributed by atoms with van der Waals surface area (Å²) in [5, 5.41) is 15.6. The van der Waals surface area contributed by atoms with E-state index in [9.17, 15) is 9.90 Å². The van der Waals surface area contributed by atoms with Gasteiger partial charge in [0.1, 0.15) is 0 Å². The summed E-state index contributed by atoms with van der Waals surface area (Å²) in [6.45, 7) is 1.77. The van der Waals surface area contributed by atoms with Gasteiger partial charge in [0.15, 0.2) is 6.10 Å². The molecule has 1 aliphatic heterocycles. The molecule has 112 valence electrons. The maximum Gasteiger partial charge on any atom is 0.253 e. The van der Waals surface area contributed by atoms with Gasteiger partial charge in [0, 0.05) is 32.7 Å². The number of aliphatic hydroxyl groups excluding tert-OH is 1. The largest absolute Gasteiger partial charge is 0.391 e. The zero-order valence-electron chi connectivity index (χ0n) is 11.4. The molecule has 1 aromatic rings. The van der Waals surface area contributed by atoms with E-state index in [1.54, 1.807) is 0 Å². The monoisotopic (exact) mass is 300 g/mol. The molecule has 1 aliphatic rings. The highest BCUT2D eigenvalue weighted by molar-refractivity contribution is 5.85. The lowest BCUT2D eigenvalue weighted by molar-refractivity contribution is -0.131. The lowest BCUT2D eigenvalue weighted by Crippen LogP contribution is -2.37. The number of hydrogen-bond acceptors (Lipinski definition) is 4. The molecule has 0 aromatic heterocycles. The molecule has 0 bridgehead atoms. The van der Waals surface area contributed by atoms with Crippen molar-refractivity contribution < 1.29 is 14.6 Å². The summed E-state index contributed by atoms with van der Waals surface area (Å²) < 4.78 is 5.25. The second kappa shape index (κ2) is 8.21. The third-order valence-electron chi connectivity index (χ3n) is 3.42. The van der Waals surface area contributed by atoms with Crippen molar-refractivity contribution in [1.82, 2.24) is 10.6 Å². The molecule has 0 aliphatic carbocycles. The fraction of sp³-hybridized carbons (Fsp3) is 0.500. The van der Waals surface area contributed by atoms with E-state index in [-0.39, 0.29) is 24.2 Å². The molecule has 1 heterocycles. The minimum Gasteiger partial charge on any atom is -0.391 e. The van der Waals surface area contributed by atoms with Crippen LogP contribution >= 0.6 is 12.4 Å². The van der Waals surface area contributed by atoms with Crippen molar-refractivity contribution in [3.8, 4) is 0 Å². The number of β-amino-alcohol motifs (C(OH)–C–C–N with tert-alkyl or cyclic N) is 1. The van der Waals surface area contributed by atoms with Gasteiger partial charge >= 0.3 is 0 Å². The van der Waals surface area contributed by atoms with Gasteiger partial charge in [0.2, 0.25) is 0 Å². The Hall–Kier alpha value is -1.14. The molecule has 1 aromatic carbocycles. The molecule has 1 saturated heterocycles. The second-order valence-corrected chi connectivity index (χ2v) is 4.76. The smallest absolute Gasteiger partial charge is 0.253 e. The van der Waals surface area contributed by atoms with Crippen LogP contribution in [0.15, 0.2) is 30.3 Å². The van der Waals surface area contributed by atoms with E-state index in [0.717, 1.165) is 12.1 Å². The molecule has 20 heavy (non-hydrogen) atoms. The molecule has 5 nitrogen and oxygen atoms in total. The predicted molar refractivity (Wildman–Crippen MR) is 78.8 cm³/mol. The van der Waals surface area contributed by atoms with Crippen molar-refractivity contribution in [3.05, 3.63) is 35.9 Å². The van der Waals surface area contributed by atoms with Crippen LogP contribution in [0.1, 0.15) is 11.7 Å². The zero-order valence-corrected chi connectivity index (χ0v) is 12.2. The highest BCUT2D eigenvalue weighted by Gasteiger charge is 2.27. The number of carbonyl (C=O) groups is 1. The van der Waals surface area contributed by atoms with Gasteiger partial charge in [-0.3, -0.25) is 4.79 Å². The molecule has 1 fully saturated rings. The minimum absolute atomic E-state index is 0. The quantitative estimate of drug-likeness (QED) is 0.740. The minimum atomic E-state index is -0.604. The molecule has 3 N–H and O–H groups in total. The summed E-state index contributed by atoms with van der Waals surface area (Å²) in [6.07, 6.45) is -0.995. The lowest BCUT2D eigenvalue weighted by atomic mass is 10.1. The fourth-order valence-electron chi connectivity index (χ4n) is 2.27. The maximum absolute atomic E-state index is 12.1. The van der Waals surface area contributed by atoms with Crippen molar-refractivity contribution >= 4 is 18.3 Å². The van der Waals surface area contributed by atoms with E-state index in [1.165, 1.54) is 7.11 Å². The Morgan fingerprint density at radius 2 is 2.15 bits per heavy atom. The van der Waals surface area contributed by atoms with Gasteiger partial charge in [-0.1, -0.05) is 30.3 Å². The average Bonchev–Trinajstić information content (AvgIpc) is 2.84. The van der Waals surface area contributed by atoms with Crippen molar-refractivity contribution in [1.29, 1.82) is 0 Å². The van der Waals surface area contributed by atoms with E-state index >= 15 is 0 Å². The van der Waals surface area contributed by atoms with Gasteiger partial charge in [-0.15, -0.1) is 12.4 Å². The standard InChI is InChI=1S/C14H20N2O3.ClH/c1-19-13(10-5-3-2-4-6-10)14(18)16-8-11-7-15-9-12(11)17;/h2-6,11-13,15,17H,7-9H2,1H3,(H,16,18);1H. The number of methoxy groups -OCH3 is 1. The van der Waals surface area contributed by atoms with E-state index < -0.39 is 12.2 Å². The first-order chi connectivity index (χ1) is 9.22. The maximum atomic E-state index is 12.1. The predicted octanol–water partition coefficient (Wildman–Crippen LogP) is 0.492. The Morgan fingerprint density at radius 3 is 2.70 bits per heavy atom. The van der Waals surface area contributed by atoms with Crippen LogP contribution in [0.25, 0.3) is 0 Å². The van der Waals surface area contributed by atoms with Gasteiger partial charge in [0.25, 0.3) is 5.91 Å². The highest BCUT2D eigenvalue weighted by Crippen LogP contribution is 2.16. The molecule has 1 amide bonds. The molecule has 6 heteroatoms. The highest BCUT2D eigenvalue weighted by atomic mass is 35.5. The van der Waals surface area contributed by atoms with Crippen molar-refractivity contribution in [3.63, 3.8) is 0 Å². The Bertz CT molecular complexity index is 416. The van der Waals surface area contributed by atoms with Crippen molar-refractivity contribution in [2.24, 2.45) is 5.92 Å². The lowest BCUT2D eigenvalue weighted by Gasteiger charge is -2.18. The van der Waals surface area contributed by atoms with Crippen LogP contribution in [-0.4, -0.2) is 43.9 Å². The molecule has 0 saturated carbocycles. The first-order valence-corrected chi connectivity index (χ1v) is 6.46. The molecule has 3 atom stereocenters. The van der Waals surface area contributed by atoms with Gasteiger partial charge in [0.05, 0.1) is 6.10 Å². The van der Waals surface area contributed by atoms with E-state index in [1.807, 2.05) is 30.3 Å². The Kier molecular flexibility index (Phi) is 6.95. The first-order valence-electron chi connectivity index (χ1n) is 6.46. The van der Waals surface area contributed by atoms with Crippen LogP contribution in [0.5, 0.6) is 0 Å². The Balaban J connectivity index is 0.00000200. The third-order valence-corrected chi connectivity index (χ3v) is 3.42. The zero-order chi connectivity index (χ0) is 13.7. The van der Waals surface area contributed by atoms with Crippen molar-refractivity contribution in [2.45, 2.75) is 12.2 Å². The molecule has 2 rings (SSSR count). The summed E-state index contributed by atoms with van der Waals surface area (Å²) in [7, 11) is 1.52. The Labute approximate surface area is 125 Å². The van der Waals surface area contributed by atoms with E-state index in [0.29, 0.717) is 13.1 Å². The van der Waals surface area contributed by atoms with Crippen LogP contribution in [0.2, 0.25) is 0 Å². The number of rotatable bonds is 5. The van der Waals surface area contributed by atoms with Crippen molar-refractivity contribution in [2.75, 3.05) is 26.7 Å². The number of aliphatic hydroxyl groups is 1. The Morgan fingerprint density at radius 1 is 1.45 bits per heavy atom. The molecule has 0 radical (unpaired) electrons. The number of benzene rings is 1. The molecule has 3 unspecified atom stereocenters. The number of carbonyl (C=O) groups excluding carboxylic acids is 1. The topological polar surface area (TPSA) is 70.6 Å². The van der Waals surface area contributed by atoms with Gasteiger partial charge in [-0.05, 0) is 5.56 Å². The third kappa shape index (κ3) is 4.18. The molecule has 0 spiro atoms. The van der Waals surface area contributed by atoms with Gasteiger partial charge < -0.3 is 20.5 Å². The number of hydrogen-bond donors (Lipinski definition) is 3. The molecular formula is C14H21ClN2O3. The number of ether oxygens (including phenoxy) is 1. The van der Waals surface area contributed by atoms with Crippen LogP contribution in [0.4, 0.5) is 0 Å². The van der Waals surface area contributed by atoms with Gasteiger partial charge in [-0.2, -0.15) is 0 Å². The van der Waals surface area contributed by atoms with Crippen LogP contribution in [-0.2, 0) is 9.53 Å². The second-order valence-electron chi connectivity index (χ2n) is 4.76. The van der Waals surface area contributed by atoms with Crippen LogP contribution < -0.4 is 10.6 Å². The normalized spacial score (nSPS) is 22.9. The summed E-state index contributed by atoms with van der Waals surface area (Å²) in [6, 6.07) is 9.37. The number of amides is 1. The summed E-state index contributed by atoms with van der Waals surface area (Å²) in [5.74, 6) is -0.106.